The molecule has 3 rings (SSSR count). The van der Waals surface area contributed by atoms with Gasteiger partial charge in [0.05, 0.1) is 24.7 Å². The zero-order valence-electron chi connectivity index (χ0n) is 13.2. The largest absolute Gasteiger partial charge is 0.379 e. The number of nitrogens with one attached hydrogen (secondary N) is 1. The molecule has 0 saturated carbocycles. The predicted molar refractivity (Wildman–Crippen MR) is 84.6 cm³/mol. The second-order valence-corrected chi connectivity index (χ2v) is 6.37. The molecule has 4 nitrogen and oxygen atoms in total. The molecule has 1 aromatic rings. The zero-order chi connectivity index (χ0) is 15.4. The Hall–Kier alpha value is -1.39. The fourth-order valence-corrected chi connectivity index (χ4v) is 3.30. The van der Waals surface area contributed by atoms with Gasteiger partial charge in [0, 0.05) is 13.2 Å². The van der Waals surface area contributed by atoms with Gasteiger partial charge in [-0.1, -0.05) is 29.8 Å². The molecule has 1 aromatic carbocycles. The van der Waals surface area contributed by atoms with E-state index >= 15 is 0 Å². The molecule has 2 saturated heterocycles. The Balaban J connectivity index is 1.68. The quantitative estimate of drug-likeness (QED) is 0.934. The van der Waals surface area contributed by atoms with Crippen LogP contribution in [0.4, 0.5) is 0 Å². The van der Waals surface area contributed by atoms with E-state index in [2.05, 4.69) is 36.5 Å². The summed E-state index contributed by atoms with van der Waals surface area (Å²) in [5.74, 6) is 0.0131. The third kappa shape index (κ3) is 3.68. The van der Waals surface area contributed by atoms with Crippen molar-refractivity contribution in [2.75, 3.05) is 19.8 Å². The van der Waals surface area contributed by atoms with Crippen molar-refractivity contribution in [1.82, 2.24) is 5.32 Å². The first kappa shape index (κ1) is 15.5. The van der Waals surface area contributed by atoms with E-state index in [9.17, 15) is 4.79 Å². The molecule has 0 aromatic heterocycles. The molecule has 1 N–H and O–H groups in total. The maximum Gasteiger partial charge on any atom is 0.226 e. The SMILES string of the molecule is Cc1ccc([C@@H]2OCCC[C@@H]2C(=O)N[C@H]2CCCOC2)cc1. The molecule has 120 valence electrons. The molecule has 0 bridgehead atoms. The summed E-state index contributed by atoms with van der Waals surface area (Å²) in [6, 6.07) is 8.47. The summed E-state index contributed by atoms with van der Waals surface area (Å²) >= 11 is 0. The van der Waals surface area contributed by atoms with Crippen molar-refractivity contribution in [3.63, 3.8) is 0 Å². The van der Waals surface area contributed by atoms with Gasteiger partial charge in [-0.2, -0.15) is 0 Å². The van der Waals surface area contributed by atoms with Crippen LogP contribution in [0.2, 0.25) is 0 Å². The smallest absolute Gasteiger partial charge is 0.226 e. The van der Waals surface area contributed by atoms with Gasteiger partial charge in [0.2, 0.25) is 5.91 Å². The zero-order valence-corrected chi connectivity index (χ0v) is 13.2. The summed E-state index contributed by atoms with van der Waals surface area (Å²) in [5, 5.41) is 3.16. The van der Waals surface area contributed by atoms with Crippen LogP contribution in [-0.4, -0.2) is 31.8 Å². The molecule has 4 heteroatoms. The molecular formula is C18H25NO3. The average Bonchev–Trinajstić information content (AvgIpc) is 2.56. The lowest BCUT2D eigenvalue weighted by atomic mass is 9.88. The van der Waals surface area contributed by atoms with Gasteiger partial charge in [0.25, 0.3) is 0 Å². The summed E-state index contributed by atoms with van der Waals surface area (Å²) in [7, 11) is 0. The van der Waals surface area contributed by atoms with E-state index in [0.717, 1.165) is 44.5 Å². The first-order valence-electron chi connectivity index (χ1n) is 8.30. The van der Waals surface area contributed by atoms with E-state index in [1.54, 1.807) is 0 Å². The summed E-state index contributed by atoms with van der Waals surface area (Å²) in [5.41, 5.74) is 2.32. The van der Waals surface area contributed by atoms with Gasteiger partial charge in [-0.3, -0.25) is 4.79 Å². The van der Waals surface area contributed by atoms with E-state index in [0.29, 0.717) is 6.61 Å². The van der Waals surface area contributed by atoms with E-state index < -0.39 is 0 Å². The standard InChI is InChI=1S/C18H25NO3/c1-13-6-8-14(9-7-13)17-16(5-3-11-22-17)18(20)19-15-4-2-10-21-12-15/h6-9,15-17H,2-5,10-12H2,1H3,(H,19,20)/t15-,16-,17-/m0/s1. The number of carbonyl (C=O) groups excluding carboxylic acids is 1. The number of aryl methyl sites for hydroxylation is 1. The molecule has 2 fully saturated rings. The highest BCUT2D eigenvalue weighted by atomic mass is 16.5. The number of benzene rings is 1. The van der Waals surface area contributed by atoms with Crippen molar-refractivity contribution in [1.29, 1.82) is 0 Å². The van der Waals surface area contributed by atoms with Crippen LogP contribution in [0.15, 0.2) is 24.3 Å². The van der Waals surface area contributed by atoms with Gasteiger partial charge < -0.3 is 14.8 Å². The second kappa shape index (κ2) is 7.25. The maximum absolute atomic E-state index is 12.7. The van der Waals surface area contributed by atoms with E-state index in [1.165, 1.54) is 5.56 Å². The molecule has 3 atom stereocenters. The van der Waals surface area contributed by atoms with Crippen LogP contribution in [0, 0.1) is 12.8 Å². The lowest BCUT2D eigenvalue weighted by Crippen LogP contribution is -2.45. The van der Waals surface area contributed by atoms with Crippen LogP contribution in [0.3, 0.4) is 0 Å². The Morgan fingerprint density at radius 1 is 1.14 bits per heavy atom. The lowest BCUT2D eigenvalue weighted by Gasteiger charge is -2.33. The predicted octanol–water partition coefficient (Wildman–Crippen LogP) is 2.76. The molecule has 0 aliphatic carbocycles. The molecule has 2 heterocycles. The topological polar surface area (TPSA) is 47.6 Å². The van der Waals surface area contributed by atoms with Crippen LogP contribution >= 0.6 is 0 Å². The molecular weight excluding hydrogens is 278 g/mol. The van der Waals surface area contributed by atoms with E-state index in [1.807, 2.05) is 0 Å². The highest BCUT2D eigenvalue weighted by Crippen LogP contribution is 2.34. The first-order chi connectivity index (χ1) is 10.7. The summed E-state index contributed by atoms with van der Waals surface area (Å²) in [4.78, 5) is 12.7. The molecule has 2 aliphatic rings. The third-order valence-electron chi connectivity index (χ3n) is 4.57. The van der Waals surface area contributed by atoms with Gasteiger partial charge in [0.15, 0.2) is 0 Å². The van der Waals surface area contributed by atoms with Gasteiger partial charge in [0.1, 0.15) is 0 Å². The Kier molecular flexibility index (Phi) is 5.11. The number of hydrogen-bond acceptors (Lipinski definition) is 3. The van der Waals surface area contributed by atoms with Gasteiger partial charge in [-0.15, -0.1) is 0 Å². The van der Waals surface area contributed by atoms with Crippen LogP contribution < -0.4 is 5.32 Å². The second-order valence-electron chi connectivity index (χ2n) is 6.37. The fraction of sp³-hybridized carbons (Fsp3) is 0.611. The third-order valence-corrected chi connectivity index (χ3v) is 4.57. The average molecular weight is 303 g/mol. The van der Waals surface area contributed by atoms with E-state index in [4.69, 9.17) is 9.47 Å². The monoisotopic (exact) mass is 303 g/mol. The summed E-state index contributed by atoms with van der Waals surface area (Å²) in [6.07, 6.45) is 3.74. The minimum atomic E-state index is -0.126. The first-order valence-corrected chi connectivity index (χ1v) is 8.30. The molecule has 0 unspecified atom stereocenters. The van der Waals surface area contributed by atoms with Gasteiger partial charge in [-0.25, -0.2) is 0 Å². The van der Waals surface area contributed by atoms with Crippen molar-refractivity contribution in [2.45, 2.75) is 44.8 Å². The van der Waals surface area contributed by atoms with Gasteiger partial charge >= 0.3 is 0 Å². The van der Waals surface area contributed by atoms with Crippen molar-refractivity contribution in [3.8, 4) is 0 Å². The van der Waals surface area contributed by atoms with Crippen LogP contribution in [0.25, 0.3) is 0 Å². The number of carbonyl (C=O) groups is 1. The van der Waals surface area contributed by atoms with Crippen molar-refractivity contribution >= 4 is 5.91 Å². The van der Waals surface area contributed by atoms with Gasteiger partial charge in [-0.05, 0) is 38.2 Å². The molecule has 1 amide bonds. The van der Waals surface area contributed by atoms with Crippen molar-refractivity contribution < 1.29 is 14.3 Å². The number of rotatable bonds is 3. The Morgan fingerprint density at radius 3 is 2.64 bits per heavy atom. The molecule has 2 aliphatic heterocycles. The normalized spacial score (nSPS) is 29.0. The number of ether oxygens (including phenoxy) is 2. The maximum atomic E-state index is 12.7. The van der Waals surface area contributed by atoms with Crippen LogP contribution in [-0.2, 0) is 14.3 Å². The summed E-state index contributed by atoms with van der Waals surface area (Å²) < 4.78 is 11.4. The Morgan fingerprint density at radius 2 is 1.91 bits per heavy atom. The Labute approximate surface area is 132 Å². The highest BCUT2D eigenvalue weighted by Gasteiger charge is 2.34. The van der Waals surface area contributed by atoms with Crippen molar-refractivity contribution in [3.05, 3.63) is 35.4 Å². The molecule has 0 radical (unpaired) electrons. The number of hydrogen-bond donors (Lipinski definition) is 1. The molecule has 0 spiro atoms. The number of amides is 1. The van der Waals surface area contributed by atoms with Crippen molar-refractivity contribution in [2.24, 2.45) is 5.92 Å². The minimum Gasteiger partial charge on any atom is -0.379 e. The fourth-order valence-electron chi connectivity index (χ4n) is 3.30. The van der Waals surface area contributed by atoms with E-state index in [-0.39, 0.29) is 24.0 Å². The highest BCUT2D eigenvalue weighted by molar-refractivity contribution is 5.80. The Bertz CT molecular complexity index is 494. The minimum absolute atomic E-state index is 0.0987. The molecule has 22 heavy (non-hydrogen) atoms. The van der Waals surface area contributed by atoms with Crippen LogP contribution in [0.5, 0.6) is 0 Å². The lowest BCUT2D eigenvalue weighted by molar-refractivity contribution is -0.136. The van der Waals surface area contributed by atoms with Crippen LogP contribution in [0.1, 0.15) is 42.9 Å². The summed E-state index contributed by atoms with van der Waals surface area (Å²) in [6.45, 7) is 4.24.